The lowest BCUT2D eigenvalue weighted by Crippen LogP contribution is -2.26. The van der Waals surface area contributed by atoms with E-state index in [9.17, 15) is 0 Å². The van der Waals surface area contributed by atoms with Crippen LogP contribution in [0, 0.1) is 5.92 Å². The number of rotatable bonds is 6. The van der Waals surface area contributed by atoms with Crippen molar-refractivity contribution >= 4 is 5.69 Å². The van der Waals surface area contributed by atoms with E-state index in [0.717, 1.165) is 24.0 Å². The molecule has 0 spiro atoms. The molecule has 0 heterocycles. The topological polar surface area (TPSA) is 21.3 Å². The third kappa shape index (κ3) is 4.15. The van der Waals surface area contributed by atoms with Crippen molar-refractivity contribution in [3.63, 3.8) is 0 Å². The van der Waals surface area contributed by atoms with Crippen LogP contribution in [0.5, 0.6) is 5.75 Å². The number of para-hydroxylation sites is 2. The summed E-state index contributed by atoms with van der Waals surface area (Å²) in [6.07, 6.45) is 8.08. The van der Waals surface area contributed by atoms with Crippen molar-refractivity contribution in [1.82, 2.24) is 0 Å². The van der Waals surface area contributed by atoms with E-state index < -0.39 is 0 Å². The highest BCUT2D eigenvalue weighted by atomic mass is 16.5. The predicted octanol–water partition coefficient (Wildman–Crippen LogP) is 4.86. The molecular weight excluding hydrogens is 234 g/mol. The smallest absolute Gasteiger partial charge is 0.142 e. The van der Waals surface area contributed by atoms with E-state index in [1.54, 1.807) is 0 Å². The van der Waals surface area contributed by atoms with E-state index in [4.69, 9.17) is 4.74 Å². The average Bonchev–Trinajstić information content (AvgIpc) is 2.44. The molecule has 1 N–H and O–H groups in total. The molecule has 1 aliphatic carbocycles. The van der Waals surface area contributed by atoms with Crippen molar-refractivity contribution < 1.29 is 4.74 Å². The lowest BCUT2D eigenvalue weighted by atomic mass is 9.83. The summed E-state index contributed by atoms with van der Waals surface area (Å²) in [5.41, 5.74) is 1.16. The molecule has 1 aromatic rings. The van der Waals surface area contributed by atoms with Crippen LogP contribution in [-0.4, -0.2) is 12.6 Å². The predicted molar refractivity (Wildman–Crippen MR) is 81.9 cm³/mol. The number of benzene rings is 1. The zero-order valence-electron chi connectivity index (χ0n) is 12.3. The van der Waals surface area contributed by atoms with Gasteiger partial charge < -0.3 is 10.1 Å². The SMILES string of the molecule is CCCC1CCC(Nc2ccccc2OCC)CC1. The molecule has 1 aromatic carbocycles. The Morgan fingerprint density at radius 1 is 1.11 bits per heavy atom. The lowest BCUT2D eigenvalue weighted by molar-refractivity contribution is 0.316. The van der Waals surface area contributed by atoms with E-state index in [1.807, 2.05) is 13.0 Å². The van der Waals surface area contributed by atoms with Gasteiger partial charge in [0.05, 0.1) is 12.3 Å². The summed E-state index contributed by atoms with van der Waals surface area (Å²) >= 11 is 0. The Bertz CT molecular complexity index is 369. The molecule has 0 amide bonds. The van der Waals surface area contributed by atoms with Gasteiger partial charge in [-0.1, -0.05) is 31.9 Å². The quantitative estimate of drug-likeness (QED) is 0.790. The second kappa shape index (κ2) is 7.42. The summed E-state index contributed by atoms with van der Waals surface area (Å²) in [6.45, 7) is 5.05. The number of ether oxygens (including phenoxy) is 1. The molecule has 0 aliphatic heterocycles. The molecule has 19 heavy (non-hydrogen) atoms. The van der Waals surface area contributed by atoms with E-state index in [-0.39, 0.29) is 0 Å². The Morgan fingerprint density at radius 3 is 2.53 bits per heavy atom. The van der Waals surface area contributed by atoms with Crippen LogP contribution in [0.15, 0.2) is 24.3 Å². The van der Waals surface area contributed by atoms with Crippen LogP contribution in [-0.2, 0) is 0 Å². The minimum absolute atomic E-state index is 0.620. The van der Waals surface area contributed by atoms with Crippen molar-refractivity contribution in [3.8, 4) is 5.75 Å². The summed E-state index contributed by atoms with van der Waals surface area (Å²) in [7, 11) is 0. The van der Waals surface area contributed by atoms with E-state index >= 15 is 0 Å². The Labute approximate surface area is 117 Å². The van der Waals surface area contributed by atoms with Crippen LogP contribution in [0.3, 0.4) is 0 Å². The van der Waals surface area contributed by atoms with Crippen molar-refractivity contribution in [2.24, 2.45) is 5.92 Å². The molecule has 2 rings (SSSR count). The minimum Gasteiger partial charge on any atom is -0.492 e. The average molecular weight is 261 g/mol. The summed E-state index contributed by atoms with van der Waals surface area (Å²) in [4.78, 5) is 0. The van der Waals surface area contributed by atoms with Gasteiger partial charge in [-0.3, -0.25) is 0 Å². The minimum atomic E-state index is 0.620. The maximum absolute atomic E-state index is 5.68. The van der Waals surface area contributed by atoms with Gasteiger partial charge in [0.2, 0.25) is 0 Å². The molecule has 1 fully saturated rings. The fourth-order valence-corrected chi connectivity index (χ4v) is 3.09. The first-order chi connectivity index (χ1) is 9.33. The standard InChI is InChI=1S/C17H27NO/c1-3-7-14-10-12-15(13-11-14)18-16-8-5-6-9-17(16)19-4-2/h5-6,8-9,14-15,18H,3-4,7,10-13H2,1-2H3. The fourth-order valence-electron chi connectivity index (χ4n) is 3.09. The molecule has 106 valence electrons. The van der Waals surface area contributed by atoms with Gasteiger partial charge >= 0.3 is 0 Å². The first-order valence-electron chi connectivity index (χ1n) is 7.81. The number of anilines is 1. The third-order valence-electron chi connectivity index (χ3n) is 4.09. The Balaban J connectivity index is 1.88. The molecular formula is C17H27NO. The molecule has 0 radical (unpaired) electrons. The van der Waals surface area contributed by atoms with Crippen molar-refractivity contribution in [2.45, 2.75) is 58.4 Å². The number of hydrogen-bond acceptors (Lipinski definition) is 2. The zero-order valence-corrected chi connectivity index (χ0v) is 12.3. The van der Waals surface area contributed by atoms with E-state index in [2.05, 4.69) is 30.4 Å². The van der Waals surface area contributed by atoms with Gasteiger partial charge in [0.1, 0.15) is 5.75 Å². The molecule has 1 aliphatic rings. The third-order valence-corrected chi connectivity index (χ3v) is 4.09. The molecule has 0 bridgehead atoms. The second-order valence-corrected chi connectivity index (χ2v) is 5.58. The first kappa shape index (κ1) is 14.2. The van der Waals surface area contributed by atoms with Crippen LogP contribution in [0.2, 0.25) is 0 Å². The summed E-state index contributed by atoms with van der Waals surface area (Å²) in [5.74, 6) is 1.95. The molecule has 2 nitrogen and oxygen atoms in total. The largest absolute Gasteiger partial charge is 0.492 e. The highest BCUT2D eigenvalue weighted by molar-refractivity contribution is 5.56. The van der Waals surface area contributed by atoms with Gasteiger partial charge in [-0.25, -0.2) is 0 Å². The summed E-state index contributed by atoms with van der Waals surface area (Å²) in [6, 6.07) is 8.91. The van der Waals surface area contributed by atoms with Crippen molar-refractivity contribution in [3.05, 3.63) is 24.3 Å². The molecule has 0 aromatic heterocycles. The molecule has 0 saturated heterocycles. The number of hydrogen-bond donors (Lipinski definition) is 1. The normalized spacial score (nSPS) is 23.1. The summed E-state index contributed by atoms with van der Waals surface area (Å²) in [5, 5.41) is 3.67. The lowest BCUT2D eigenvalue weighted by Gasteiger charge is -2.30. The molecule has 2 heteroatoms. The van der Waals surface area contributed by atoms with Crippen molar-refractivity contribution in [1.29, 1.82) is 0 Å². The maximum Gasteiger partial charge on any atom is 0.142 e. The highest BCUT2D eigenvalue weighted by Crippen LogP contribution is 2.32. The van der Waals surface area contributed by atoms with Crippen LogP contribution in [0.25, 0.3) is 0 Å². The van der Waals surface area contributed by atoms with Crippen molar-refractivity contribution in [2.75, 3.05) is 11.9 Å². The van der Waals surface area contributed by atoms with Gasteiger partial charge in [0.25, 0.3) is 0 Å². The first-order valence-corrected chi connectivity index (χ1v) is 7.81. The number of nitrogens with one attached hydrogen (secondary N) is 1. The van der Waals surface area contributed by atoms with E-state index in [1.165, 1.54) is 38.5 Å². The van der Waals surface area contributed by atoms with E-state index in [0.29, 0.717) is 6.04 Å². The van der Waals surface area contributed by atoms with Gasteiger partial charge in [0, 0.05) is 6.04 Å². The van der Waals surface area contributed by atoms with Crippen LogP contribution in [0.1, 0.15) is 52.4 Å². The van der Waals surface area contributed by atoms with Crippen LogP contribution >= 0.6 is 0 Å². The zero-order chi connectivity index (χ0) is 13.5. The Hall–Kier alpha value is -1.18. The summed E-state index contributed by atoms with van der Waals surface area (Å²) < 4.78 is 5.68. The second-order valence-electron chi connectivity index (χ2n) is 5.58. The Morgan fingerprint density at radius 2 is 1.84 bits per heavy atom. The molecule has 0 atom stereocenters. The van der Waals surface area contributed by atoms with Gasteiger partial charge in [-0.15, -0.1) is 0 Å². The van der Waals surface area contributed by atoms with Crippen LogP contribution in [0.4, 0.5) is 5.69 Å². The highest BCUT2D eigenvalue weighted by Gasteiger charge is 2.21. The van der Waals surface area contributed by atoms with Gasteiger partial charge in [-0.2, -0.15) is 0 Å². The monoisotopic (exact) mass is 261 g/mol. The molecule has 1 saturated carbocycles. The maximum atomic E-state index is 5.68. The van der Waals surface area contributed by atoms with Gasteiger partial charge in [-0.05, 0) is 50.7 Å². The van der Waals surface area contributed by atoms with Gasteiger partial charge in [0.15, 0.2) is 0 Å². The molecule has 0 unspecified atom stereocenters. The van der Waals surface area contributed by atoms with Crippen LogP contribution < -0.4 is 10.1 Å². The Kier molecular flexibility index (Phi) is 5.56. The fraction of sp³-hybridized carbons (Fsp3) is 0.647.